The Morgan fingerprint density at radius 3 is 2.47 bits per heavy atom. The van der Waals surface area contributed by atoms with E-state index >= 15 is 4.79 Å². The molecule has 4 fully saturated rings. The van der Waals surface area contributed by atoms with Gasteiger partial charge in [0.15, 0.2) is 0 Å². The van der Waals surface area contributed by atoms with Crippen molar-refractivity contribution < 1.29 is 38.9 Å². The Bertz CT molecular complexity index is 2390. The van der Waals surface area contributed by atoms with E-state index in [-0.39, 0.29) is 77.2 Å². The summed E-state index contributed by atoms with van der Waals surface area (Å²) < 4.78 is 13.4. The number of nitrogens with zero attached hydrogens (tertiary/aromatic N) is 1. The molecule has 7 aliphatic carbocycles. The van der Waals surface area contributed by atoms with Crippen LogP contribution in [0.5, 0.6) is 0 Å². The van der Waals surface area contributed by atoms with Crippen LogP contribution in [0.4, 0.5) is 0 Å². The lowest BCUT2D eigenvalue weighted by molar-refractivity contribution is -0.138. The molecular formula is C53H63N3O8S2. The Hall–Kier alpha value is -3.78. The molecule has 7 aliphatic heterocycles. The number of amides is 2. The first-order chi connectivity index (χ1) is 32.1. The van der Waals surface area contributed by atoms with Crippen molar-refractivity contribution >= 4 is 45.3 Å². The van der Waals surface area contributed by atoms with Crippen molar-refractivity contribution in [2.24, 2.45) is 58.2 Å². The minimum atomic E-state index is -0.955. The molecule has 14 rings (SSSR count). The SMILES string of the molecule is CCC1(C2=C3OC(=O)C4=C3[C@@H](CC2)C[C@H]2[C@@H]3CC[C@@]5(C6=C3[C@H](CN3C(=O)C=CC3=O)C3=CCNC7=C3C=C[C@@H](N7)SS[C@H](O)[C@@H](C3CCC(CCCO)CC3)C/C=C\5OC6=O)[C@@H]42)CCCC1. The quantitative estimate of drug-likeness (QED) is 0.105. The summed E-state index contributed by atoms with van der Waals surface area (Å²) in [6, 6.07) is 0. The predicted molar refractivity (Wildman–Crippen MR) is 252 cm³/mol. The third-order valence-electron chi connectivity index (χ3n) is 18.8. The second kappa shape index (κ2) is 16.7. The molecule has 66 heavy (non-hydrogen) atoms. The molecule has 1 saturated heterocycles. The number of allylic oxidation sites excluding steroid dienone is 6. The predicted octanol–water partition coefficient (Wildman–Crippen LogP) is 8.32. The van der Waals surface area contributed by atoms with Crippen molar-refractivity contribution in [2.45, 2.75) is 127 Å². The topological polar surface area (TPSA) is 154 Å². The van der Waals surface area contributed by atoms with E-state index in [9.17, 15) is 24.6 Å². The highest BCUT2D eigenvalue weighted by Gasteiger charge is 2.70. The zero-order chi connectivity index (χ0) is 45.1. The van der Waals surface area contributed by atoms with Crippen LogP contribution >= 0.6 is 21.6 Å². The molecule has 3 saturated carbocycles. The third kappa shape index (κ3) is 6.58. The molecule has 7 heterocycles. The second-order valence-electron chi connectivity index (χ2n) is 21.4. The lowest BCUT2D eigenvalue weighted by atomic mass is 9.42. The lowest BCUT2D eigenvalue weighted by Gasteiger charge is -2.58. The fourth-order valence-corrected chi connectivity index (χ4v) is 18.3. The normalized spacial score (nSPS) is 39.5. The maximum atomic E-state index is 15.3. The number of nitrogens with one attached hydrogen (secondary N) is 2. The van der Waals surface area contributed by atoms with Gasteiger partial charge in [0.1, 0.15) is 28.1 Å². The number of aliphatic hydroxyl groups is 2. The van der Waals surface area contributed by atoms with E-state index < -0.39 is 22.7 Å². The average molecular weight is 934 g/mol. The average Bonchev–Trinajstić information content (AvgIpc) is 4.11. The summed E-state index contributed by atoms with van der Waals surface area (Å²) >= 11 is 0. The first-order valence-corrected chi connectivity index (χ1v) is 27.6. The molecule has 2 amide bonds. The van der Waals surface area contributed by atoms with Gasteiger partial charge in [-0.3, -0.25) is 14.5 Å². The van der Waals surface area contributed by atoms with Crippen molar-refractivity contribution in [1.82, 2.24) is 15.5 Å². The first-order valence-electron chi connectivity index (χ1n) is 25.3. The number of imide groups is 1. The number of rotatable bonds is 8. The number of aliphatic hydroxyl groups excluding tert-OH is 2. The highest BCUT2D eigenvalue weighted by Crippen LogP contribution is 2.73. The fraction of sp³-hybridized carbons (Fsp3) is 0.623. The molecule has 11 nitrogen and oxygen atoms in total. The van der Waals surface area contributed by atoms with Crippen molar-refractivity contribution in [3.63, 3.8) is 0 Å². The summed E-state index contributed by atoms with van der Waals surface area (Å²) in [7, 11) is 3.10. The summed E-state index contributed by atoms with van der Waals surface area (Å²) in [6.07, 6.45) is 27.5. The molecule has 0 radical (unpaired) electrons. The molecule has 350 valence electrons. The van der Waals surface area contributed by atoms with Gasteiger partial charge in [-0.25, -0.2) is 9.59 Å². The van der Waals surface area contributed by atoms with Crippen LogP contribution in [0.2, 0.25) is 0 Å². The maximum Gasteiger partial charge on any atom is 0.340 e. The van der Waals surface area contributed by atoms with E-state index in [1.54, 1.807) is 10.8 Å². The smallest absolute Gasteiger partial charge is 0.340 e. The Morgan fingerprint density at radius 1 is 0.894 bits per heavy atom. The van der Waals surface area contributed by atoms with Crippen LogP contribution in [0.1, 0.15) is 116 Å². The van der Waals surface area contributed by atoms with Crippen LogP contribution in [0.25, 0.3) is 0 Å². The van der Waals surface area contributed by atoms with Gasteiger partial charge in [0, 0.05) is 66.3 Å². The van der Waals surface area contributed by atoms with Gasteiger partial charge in [-0.15, -0.1) is 0 Å². The van der Waals surface area contributed by atoms with Crippen LogP contribution in [-0.2, 0) is 28.7 Å². The zero-order valence-electron chi connectivity index (χ0n) is 38.0. The van der Waals surface area contributed by atoms with E-state index in [0.29, 0.717) is 36.6 Å². The van der Waals surface area contributed by atoms with Gasteiger partial charge in [-0.1, -0.05) is 72.4 Å². The number of esters is 2. The van der Waals surface area contributed by atoms with Crippen molar-refractivity contribution in [3.05, 3.63) is 92.8 Å². The minimum absolute atomic E-state index is 0.00594. The molecule has 9 atom stereocenters. The van der Waals surface area contributed by atoms with Crippen molar-refractivity contribution in [1.29, 1.82) is 0 Å². The van der Waals surface area contributed by atoms with Gasteiger partial charge >= 0.3 is 11.9 Å². The summed E-state index contributed by atoms with van der Waals surface area (Å²) in [4.78, 5) is 58.7. The second-order valence-corrected chi connectivity index (χ2v) is 24.0. The molecule has 0 aromatic heterocycles. The van der Waals surface area contributed by atoms with E-state index in [4.69, 9.17) is 9.47 Å². The lowest BCUT2D eigenvalue weighted by Crippen LogP contribution is -2.55. The summed E-state index contributed by atoms with van der Waals surface area (Å²) in [5, 5.41) is 29.0. The van der Waals surface area contributed by atoms with Crippen molar-refractivity contribution in [2.75, 3.05) is 19.7 Å². The number of hydrogen-bond acceptors (Lipinski definition) is 12. The Morgan fingerprint density at radius 2 is 1.70 bits per heavy atom. The molecule has 0 aromatic rings. The summed E-state index contributed by atoms with van der Waals surface area (Å²) in [5.41, 5.74) is 5.09. The first kappa shape index (κ1) is 43.5. The van der Waals surface area contributed by atoms with E-state index in [0.717, 1.165) is 123 Å². The largest absolute Gasteiger partial charge is 0.427 e. The monoisotopic (exact) mass is 933 g/mol. The molecular weight excluding hydrogens is 871 g/mol. The van der Waals surface area contributed by atoms with Gasteiger partial charge in [-0.2, -0.15) is 0 Å². The number of dihydropyridines is 2. The third-order valence-corrected chi connectivity index (χ3v) is 21.5. The number of fused-ring (bicyclic) bond motifs is 6. The number of ether oxygens (including phenoxy) is 2. The maximum absolute atomic E-state index is 15.3. The molecule has 4 N–H and O–H groups in total. The molecule has 1 spiro atoms. The Labute approximate surface area is 395 Å². The van der Waals surface area contributed by atoms with Gasteiger partial charge in [0.25, 0.3) is 11.8 Å². The van der Waals surface area contributed by atoms with Crippen LogP contribution in [-0.4, -0.2) is 69.4 Å². The minimum Gasteiger partial charge on any atom is -0.427 e. The summed E-state index contributed by atoms with van der Waals surface area (Å²) in [5.74, 6) is 0.922. The molecule has 13 heteroatoms. The zero-order valence-corrected chi connectivity index (χ0v) is 39.6. The molecule has 0 aromatic carbocycles. The number of carbonyl (C=O) groups is 4. The Kier molecular flexibility index (Phi) is 11.0. The standard InChI is InChI=1S/C53H63N3O8S2/c1-2-52(21-3-4-22-52)37-14-11-30-26-35-33-19-23-53(45(35)44-42(30)47(37)64-49(44)60)38-15-12-31(29-9-7-28(8-10-29)6-5-25-57)51(62)66-65-39-16-13-34-32(20-24-54-48(34)55-39)36(43(33)46(53)50(61)63-38)27-56-40(58)17-18-41(56)59/h13,15-18,20,28-31,33,35-36,39,45,51,54-55,57,62H,2-12,14,19,21-27H2,1H3/b38-15+/t28?,29?,30-,31+,33-,35-,36+,39-,45+,51-,53-/m0/s1. The molecule has 0 unspecified atom stereocenters. The van der Waals surface area contributed by atoms with Crippen molar-refractivity contribution in [3.8, 4) is 0 Å². The van der Waals surface area contributed by atoms with Gasteiger partial charge < -0.3 is 30.3 Å². The van der Waals surface area contributed by atoms with Crippen LogP contribution in [0.15, 0.2) is 92.8 Å². The highest BCUT2D eigenvalue weighted by atomic mass is 33.1. The van der Waals surface area contributed by atoms with Gasteiger partial charge in [0.2, 0.25) is 0 Å². The fourth-order valence-electron chi connectivity index (χ4n) is 15.8. The van der Waals surface area contributed by atoms with Crippen LogP contribution in [0.3, 0.4) is 0 Å². The van der Waals surface area contributed by atoms with Crippen LogP contribution in [0, 0.1) is 58.2 Å². The highest BCUT2D eigenvalue weighted by molar-refractivity contribution is 8.77. The van der Waals surface area contributed by atoms with Crippen LogP contribution < -0.4 is 10.6 Å². The number of carbonyl (C=O) groups excluding carboxylic acids is 4. The number of hydrogen-bond donors (Lipinski definition) is 4. The van der Waals surface area contributed by atoms with Gasteiger partial charge in [0.05, 0.1) is 11.0 Å². The molecule has 14 aliphatic rings. The van der Waals surface area contributed by atoms with Gasteiger partial charge in [-0.05, 0) is 141 Å². The van der Waals surface area contributed by atoms with E-state index in [1.807, 2.05) is 0 Å². The van der Waals surface area contributed by atoms with E-state index in [2.05, 4.69) is 41.9 Å². The summed E-state index contributed by atoms with van der Waals surface area (Å²) in [6.45, 7) is 3.11. The molecule has 9 bridgehead atoms. The Balaban J connectivity index is 1.05. The van der Waals surface area contributed by atoms with E-state index in [1.165, 1.54) is 46.3 Å².